The lowest BCUT2D eigenvalue weighted by Gasteiger charge is -2.43. The van der Waals surface area contributed by atoms with Gasteiger partial charge < -0.3 is 9.47 Å². The van der Waals surface area contributed by atoms with Crippen LogP contribution in [0.25, 0.3) is 11.1 Å². The molecular weight excluding hydrogens is 497 g/mol. The molecule has 2 fully saturated rings. The van der Waals surface area contributed by atoms with E-state index in [1.807, 2.05) is 66.7 Å². The number of imide groups is 1. The summed E-state index contributed by atoms with van der Waals surface area (Å²) in [5, 5.41) is 0. The molecular formula is C29H23Cl2NO4. The zero-order chi connectivity index (χ0) is 25.3. The molecule has 2 amide bonds. The van der Waals surface area contributed by atoms with Crippen LogP contribution in [0.15, 0.2) is 91.0 Å². The van der Waals surface area contributed by atoms with Crippen molar-refractivity contribution in [2.24, 2.45) is 11.8 Å². The van der Waals surface area contributed by atoms with Gasteiger partial charge in [-0.2, -0.15) is 0 Å². The van der Waals surface area contributed by atoms with Crippen LogP contribution in [0, 0.1) is 11.8 Å². The highest BCUT2D eigenvalue weighted by Crippen LogP contribution is 2.77. The zero-order valence-electron chi connectivity index (χ0n) is 19.7. The number of halogens is 2. The SMILES string of the molecule is COC1(OC)C2(Cl)C(c3ccccc3)=C(c3ccccc3)C1(Cl)C1C(=O)N(c3ccccc3)C(=O)C12. The Labute approximate surface area is 219 Å². The van der Waals surface area contributed by atoms with Crippen LogP contribution >= 0.6 is 23.2 Å². The Kier molecular flexibility index (Phi) is 5.22. The third-order valence-corrected chi connectivity index (χ3v) is 9.16. The summed E-state index contributed by atoms with van der Waals surface area (Å²) in [5.74, 6) is -4.55. The van der Waals surface area contributed by atoms with Crippen molar-refractivity contribution in [3.63, 3.8) is 0 Å². The van der Waals surface area contributed by atoms with Gasteiger partial charge in [0.2, 0.25) is 17.6 Å². The van der Waals surface area contributed by atoms with Gasteiger partial charge in [0.15, 0.2) is 0 Å². The Balaban J connectivity index is 1.70. The predicted molar refractivity (Wildman–Crippen MR) is 140 cm³/mol. The molecule has 2 aliphatic carbocycles. The van der Waals surface area contributed by atoms with Crippen LogP contribution in [-0.2, 0) is 19.1 Å². The fraction of sp³-hybridized carbons (Fsp3) is 0.241. The summed E-state index contributed by atoms with van der Waals surface area (Å²) in [5.41, 5.74) is 3.30. The van der Waals surface area contributed by atoms with Gasteiger partial charge in [0, 0.05) is 14.2 Å². The first-order valence-electron chi connectivity index (χ1n) is 11.7. The van der Waals surface area contributed by atoms with Crippen LogP contribution in [-0.4, -0.2) is 41.6 Å². The minimum absolute atomic E-state index is 0.423. The molecule has 1 aliphatic heterocycles. The number of anilines is 1. The maximum absolute atomic E-state index is 14.1. The lowest BCUT2D eigenvalue weighted by Crippen LogP contribution is -2.60. The van der Waals surface area contributed by atoms with Crippen molar-refractivity contribution in [2.75, 3.05) is 19.1 Å². The number of benzene rings is 3. The van der Waals surface area contributed by atoms with Gasteiger partial charge >= 0.3 is 0 Å². The van der Waals surface area contributed by atoms with Crippen LogP contribution in [0.1, 0.15) is 11.1 Å². The second-order valence-electron chi connectivity index (χ2n) is 9.23. The third-order valence-electron chi connectivity index (χ3n) is 7.81. The Morgan fingerprint density at radius 3 is 1.36 bits per heavy atom. The second kappa shape index (κ2) is 8.02. The number of carbonyl (C=O) groups excluding carboxylic acids is 2. The van der Waals surface area contributed by atoms with Gasteiger partial charge in [0.05, 0.1) is 17.5 Å². The number of hydrogen-bond donors (Lipinski definition) is 0. The summed E-state index contributed by atoms with van der Waals surface area (Å²) in [7, 11) is 2.92. The van der Waals surface area contributed by atoms with Gasteiger partial charge in [-0.3, -0.25) is 9.59 Å². The number of methoxy groups -OCH3 is 2. The summed E-state index contributed by atoms with van der Waals surface area (Å²) in [6, 6.07) is 27.9. The first-order valence-corrected chi connectivity index (χ1v) is 12.4. The number of amides is 2. The van der Waals surface area contributed by atoms with Crippen molar-refractivity contribution >= 4 is 51.8 Å². The molecule has 0 aromatic heterocycles. The Hall–Kier alpha value is -2.96. The Morgan fingerprint density at radius 1 is 0.639 bits per heavy atom. The molecule has 7 heteroatoms. The van der Waals surface area contributed by atoms with Gasteiger partial charge in [-0.05, 0) is 34.4 Å². The molecule has 3 aliphatic rings. The molecule has 0 radical (unpaired) electrons. The van der Waals surface area contributed by atoms with Crippen molar-refractivity contribution in [3.8, 4) is 0 Å². The first-order chi connectivity index (χ1) is 17.4. The number of nitrogens with zero attached hydrogens (tertiary/aromatic N) is 1. The molecule has 4 atom stereocenters. The summed E-state index contributed by atoms with van der Waals surface area (Å²) in [6.45, 7) is 0. The summed E-state index contributed by atoms with van der Waals surface area (Å²) in [4.78, 5) is 26.2. The highest BCUT2D eigenvalue weighted by Gasteiger charge is 2.89. The average Bonchev–Trinajstić information content (AvgIpc) is 3.36. The maximum atomic E-state index is 14.1. The summed E-state index contributed by atoms with van der Waals surface area (Å²) < 4.78 is 12.1. The van der Waals surface area contributed by atoms with Crippen LogP contribution in [0.5, 0.6) is 0 Å². The van der Waals surface area contributed by atoms with Gasteiger partial charge in [-0.25, -0.2) is 4.90 Å². The normalized spacial score (nSPS) is 30.3. The fourth-order valence-corrected chi connectivity index (χ4v) is 8.08. The summed E-state index contributed by atoms with van der Waals surface area (Å²) >= 11 is 15.4. The number of carbonyl (C=O) groups is 2. The molecule has 1 heterocycles. The van der Waals surface area contributed by atoms with Gasteiger partial charge in [0.25, 0.3) is 0 Å². The maximum Gasteiger partial charge on any atom is 0.240 e. The molecule has 2 bridgehead atoms. The molecule has 3 aromatic rings. The van der Waals surface area contributed by atoms with E-state index in [9.17, 15) is 9.59 Å². The van der Waals surface area contributed by atoms with E-state index in [0.717, 1.165) is 11.1 Å². The van der Waals surface area contributed by atoms with Crippen molar-refractivity contribution in [2.45, 2.75) is 15.5 Å². The Morgan fingerprint density at radius 2 is 1.00 bits per heavy atom. The minimum atomic E-state index is -1.69. The Bertz CT molecular complexity index is 1310. The molecule has 4 unspecified atom stereocenters. The summed E-state index contributed by atoms with van der Waals surface area (Å²) in [6.07, 6.45) is 0. The number of hydrogen-bond acceptors (Lipinski definition) is 4. The lowest BCUT2D eigenvalue weighted by molar-refractivity contribution is -0.217. The smallest absolute Gasteiger partial charge is 0.240 e. The van der Waals surface area contributed by atoms with E-state index in [0.29, 0.717) is 16.8 Å². The van der Waals surface area contributed by atoms with Crippen LogP contribution < -0.4 is 4.90 Å². The van der Waals surface area contributed by atoms with E-state index in [-0.39, 0.29) is 0 Å². The fourth-order valence-electron chi connectivity index (χ4n) is 6.58. The average molecular weight is 520 g/mol. The standard InChI is InChI=1S/C29H23Cl2NO4/c1-35-29(36-2)27(30)21(18-12-6-3-7-13-18)22(19-14-8-4-9-15-19)28(29,31)24-23(27)25(33)32(26(24)34)20-16-10-5-11-17-20/h3-17,23-24H,1-2H3. The van der Waals surface area contributed by atoms with E-state index < -0.39 is 39.2 Å². The number of para-hydroxylation sites is 1. The first kappa shape index (κ1) is 23.4. The van der Waals surface area contributed by atoms with E-state index in [4.69, 9.17) is 32.7 Å². The molecule has 0 N–H and O–H groups in total. The van der Waals surface area contributed by atoms with Crippen LogP contribution in [0.3, 0.4) is 0 Å². The molecule has 6 rings (SSSR count). The molecule has 1 saturated carbocycles. The molecule has 1 saturated heterocycles. The largest absolute Gasteiger partial charge is 0.350 e. The van der Waals surface area contributed by atoms with Crippen LogP contribution in [0.4, 0.5) is 5.69 Å². The van der Waals surface area contributed by atoms with Crippen molar-refractivity contribution in [1.29, 1.82) is 0 Å². The minimum Gasteiger partial charge on any atom is -0.350 e. The third kappa shape index (κ3) is 2.54. The quantitative estimate of drug-likeness (QED) is 0.258. The second-order valence-corrected chi connectivity index (χ2v) is 10.4. The molecule has 182 valence electrons. The monoisotopic (exact) mass is 519 g/mol. The molecule has 5 nitrogen and oxygen atoms in total. The number of alkyl halides is 2. The predicted octanol–water partition coefficient (Wildman–Crippen LogP) is 5.37. The molecule has 0 spiro atoms. The zero-order valence-corrected chi connectivity index (χ0v) is 21.2. The van der Waals surface area contributed by atoms with E-state index in [2.05, 4.69) is 0 Å². The van der Waals surface area contributed by atoms with Gasteiger partial charge in [0.1, 0.15) is 9.75 Å². The highest BCUT2D eigenvalue weighted by atomic mass is 35.5. The molecule has 3 aromatic carbocycles. The van der Waals surface area contributed by atoms with Gasteiger partial charge in [-0.15, -0.1) is 23.2 Å². The van der Waals surface area contributed by atoms with Crippen molar-refractivity contribution in [3.05, 3.63) is 102 Å². The number of ether oxygens (including phenoxy) is 2. The topological polar surface area (TPSA) is 55.8 Å². The van der Waals surface area contributed by atoms with Crippen LogP contribution in [0.2, 0.25) is 0 Å². The number of fused-ring (bicyclic) bond motifs is 5. The van der Waals surface area contributed by atoms with Gasteiger partial charge in [-0.1, -0.05) is 78.9 Å². The highest BCUT2D eigenvalue weighted by molar-refractivity contribution is 6.48. The van der Waals surface area contributed by atoms with E-state index in [1.165, 1.54) is 19.1 Å². The molecule has 36 heavy (non-hydrogen) atoms. The van der Waals surface area contributed by atoms with Crippen molar-refractivity contribution < 1.29 is 19.1 Å². The van der Waals surface area contributed by atoms with E-state index >= 15 is 0 Å². The lowest BCUT2D eigenvalue weighted by atomic mass is 9.72. The van der Waals surface area contributed by atoms with Crippen molar-refractivity contribution in [1.82, 2.24) is 0 Å². The number of rotatable bonds is 5. The van der Waals surface area contributed by atoms with E-state index in [1.54, 1.807) is 24.3 Å².